The lowest BCUT2D eigenvalue weighted by molar-refractivity contribution is 0.0868. The summed E-state index contributed by atoms with van der Waals surface area (Å²) < 4.78 is 0. The Kier molecular flexibility index (Phi) is 7.10. The van der Waals surface area contributed by atoms with Crippen LogP contribution < -0.4 is 0 Å². The quantitative estimate of drug-likeness (QED) is 0.806. The molecule has 0 saturated carbocycles. The van der Waals surface area contributed by atoms with Gasteiger partial charge in [-0.05, 0) is 54.0 Å². The second-order valence-corrected chi connectivity index (χ2v) is 7.63. The van der Waals surface area contributed by atoms with Crippen LogP contribution in [0.25, 0.3) is 0 Å². The highest BCUT2D eigenvalue weighted by atomic mass is 35.5. The molecular weight excluding hydrogens is 346 g/mol. The van der Waals surface area contributed by atoms with Crippen molar-refractivity contribution in [3.05, 3.63) is 65.7 Å². The van der Waals surface area contributed by atoms with Gasteiger partial charge in [-0.2, -0.15) is 0 Å². The third-order valence-electron chi connectivity index (χ3n) is 5.98. The Morgan fingerprint density at radius 2 is 1.88 bits per heavy atom. The molecule has 26 heavy (non-hydrogen) atoms. The molecule has 1 heterocycles. The molecular formula is C22H30ClNO2. The molecule has 1 saturated heterocycles. The van der Waals surface area contributed by atoms with E-state index in [-0.39, 0.29) is 17.8 Å². The average molecular weight is 376 g/mol. The fourth-order valence-corrected chi connectivity index (χ4v) is 3.96. The van der Waals surface area contributed by atoms with Crippen LogP contribution in [0.3, 0.4) is 0 Å². The van der Waals surface area contributed by atoms with Crippen molar-refractivity contribution in [3.8, 4) is 5.75 Å². The minimum Gasteiger partial charge on any atom is -0.508 e. The van der Waals surface area contributed by atoms with E-state index < -0.39 is 6.10 Å². The molecule has 0 bridgehead atoms. The van der Waals surface area contributed by atoms with Crippen LogP contribution in [0.5, 0.6) is 5.75 Å². The van der Waals surface area contributed by atoms with Crippen LogP contribution in [0.4, 0.5) is 0 Å². The number of phenols is 1. The molecule has 2 aromatic rings. The fourth-order valence-electron chi connectivity index (χ4n) is 3.96. The molecule has 3 atom stereocenters. The van der Waals surface area contributed by atoms with Gasteiger partial charge in [-0.15, -0.1) is 12.4 Å². The number of hydrogen-bond donors (Lipinski definition) is 2. The number of aliphatic hydroxyl groups excluding tert-OH is 1. The summed E-state index contributed by atoms with van der Waals surface area (Å²) in [5.74, 6) is 0.844. The maximum absolute atomic E-state index is 10.4. The first-order chi connectivity index (χ1) is 12.0. The van der Waals surface area contributed by atoms with Gasteiger partial charge in [-0.3, -0.25) is 0 Å². The number of halogens is 1. The molecule has 0 aromatic heterocycles. The molecule has 1 aliphatic rings. The first-order valence-electron chi connectivity index (χ1n) is 9.24. The summed E-state index contributed by atoms with van der Waals surface area (Å²) in [5, 5.41) is 20.2. The molecule has 0 radical (unpaired) electrons. The summed E-state index contributed by atoms with van der Waals surface area (Å²) in [6, 6.07) is 17.6. The zero-order valence-corrected chi connectivity index (χ0v) is 16.5. The first kappa shape index (κ1) is 20.8. The average Bonchev–Trinajstić information content (AvgIpc) is 2.63. The molecule has 2 aromatic carbocycles. The van der Waals surface area contributed by atoms with E-state index in [1.54, 1.807) is 6.07 Å². The van der Waals surface area contributed by atoms with Crippen molar-refractivity contribution in [2.24, 2.45) is 5.92 Å². The van der Waals surface area contributed by atoms with Gasteiger partial charge in [0.2, 0.25) is 0 Å². The predicted octanol–water partition coefficient (Wildman–Crippen LogP) is 4.54. The van der Waals surface area contributed by atoms with Gasteiger partial charge >= 0.3 is 0 Å². The Bertz CT molecular complexity index is 694. The van der Waals surface area contributed by atoms with Gasteiger partial charge in [0.25, 0.3) is 0 Å². The van der Waals surface area contributed by atoms with E-state index in [9.17, 15) is 10.2 Å². The van der Waals surface area contributed by atoms with E-state index >= 15 is 0 Å². The normalized spacial score (nSPS) is 24.7. The zero-order chi connectivity index (χ0) is 17.9. The molecule has 142 valence electrons. The van der Waals surface area contributed by atoms with E-state index in [1.165, 1.54) is 5.56 Å². The van der Waals surface area contributed by atoms with E-state index in [4.69, 9.17) is 0 Å². The van der Waals surface area contributed by atoms with Gasteiger partial charge < -0.3 is 15.1 Å². The number of rotatable bonds is 5. The number of likely N-dealkylation sites (tertiary alicyclic amines) is 1. The summed E-state index contributed by atoms with van der Waals surface area (Å²) in [7, 11) is 0. The Morgan fingerprint density at radius 1 is 1.15 bits per heavy atom. The summed E-state index contributed by atoms with van der Waals surface area (Å²) in [6.45, 7) is 7.56. The molecule has 2 N–H and O–H groups in total. The largest absolute Gasteiger partial charge is 0.508 e. The van der Waals surface area contributed by atoms with E-state index in [1.807, 2.05) is 42.5 Å². The number of hydrogen-bond acceptors (Lipinski definition) is 3. The fraction of sp³-hybridized carbons (Fsp3) is 0.455. The number of nitrogens with zero attached hydrogens (tertiary/aromatic N) is 1. The second kappa shape index (κ2) is 8.90. The molecule has 1 fully saturated rings. The Hall–Kier alpha value is -1.55. The first-order valence-corrected chi connectivity index (χ1v) is 9.24. The highest BCUT2D eigenvalue weighted by Crippen LogP contribution is 2.40. The highest BCUT2D eigenvalue weighted by Gasteiger charge is 2.38. The van der Waals surface area contributed by atoms with Crippen molar-refractivity contribution in [1.82, 2.24) is 4.90 Å². The van der Waals surface area contributed by atoms with Crippen molar-refractivity contribution < 1.29 is 10.2 Å². The Morgan fingerprint density at radius 3 is 2.54 bits per heavy atom. The standard InChI is InChI=1S/C22H29NO2.ClH/c1-17-16-23(13-11-21(25)18-7-4-3-5-8-18)14-12-22(17,2)19-9-6-10-20(24)15-19;/h3-10,15,17,21,24-25H,11-14,16H2,1-2H3;1H/t17-,21?,22+;/m1./s1. The third-order valence-corrected chi connectivity index (χ3v) is 5.98. The minimum absolute atomic E-state index is 0. The molecule has 0 aliphatic carbocycles. The number of phenolic OH excluding ortho intramolecular Hbond substituents is 1. The van der Waals surface area contributed by atoms with Crippen LogP contribution >= 0.6 is 12.4 Å². The molecule has 1 aliphatic heterocycles. The monoisotopic (exact) mass is 375 g/mol. The van der Waals surface area contributed by atoms with Gasteiger partial charge in [0.15, 0.2) is 0 Å². The maximum atomic E-state index is 10.4. The summed E-state index contributed by atoms with van der Waals surface area (Å²) >= 11 is 0. The predicted molar refractivity (Wildman–Crippen MR) is 109 cm³/mol. The summed E-state index contributed by atoms with van der Waals surface area (Å²) in [5.41, 5.74) is 2.31. The van der Waals surface area contributed by atoms with Crippen molar-refractivity contribution in [1.29, 1.82) is 0 Å². The third kappa shape index (κ3) is 4.59. The van der Waals surface area contributed by atoms with Crippen LogP contribution in [0.2, 0.25) is 0 Å². The Balaban J connectivity index is 0.00000243. The molecule has 0 amide bonds. The molecule has 3 rings (SSSR count). The molecule has 3 nitrogen and oxygen atoms in total. The van der Waals surface area contributed by atoms with Crippen molar-refractivity contribution in [3.63, 3.8) is 0 Å². The van der Waals surface area contributed by atoms with Crippen LogP contribution in [0.1, 0.15) is 43.9 Å². The number of aliphatic hydroxyl groups is 1. The smallest absolute Gasteiger partial charge is 0.115 e. The van der Waals surface area contributed by atoms with Crippen LogP contribution in [-0.2, 0) is 5.41 Å². The van der Waals surface area contributed by atoms with Crippen LogP contribution in [0.15, 0.2) is 54.6 Å². The zero-order valence-electron chi connectivity index (χ0n) is 15.6. The van der Waals surface area contributed by atoms with Crippen molar-refractivity contribution in [2.45, 2.75) is 38.2 Å². The maximum Gasteiger partial charge on any atom is 0.115 e. The van der Waals surface area contributed by atoms with Gasteiger partial charge in [0.05, 0.1) is 6.10 Å². The minimum atomic E-state index is -0.393. The number of benzene rings is 2. The molecule has 0 spiro atoms. The topological polar surface area (TPSA) is 43.7 Å². The highest BCUT2D eigenvalue weighted by molar-refractivity contribution is 5.85. The lowest BCUT2D eigenvalue weighted by Gasteiger charge is -2.45. The van der Waals surface area contributed by atoms with Crippen LogP contribution in [-0.4, -0.2) is 34.7 Å². The van der Waals surface area contributed by atoms with Gasteiger partial charge in [-0.1, -0.05) is 56.3 Å². The van der Waals surface area contributed by atoms with E-state index in [2.05, 4.69) is 24.8 Å². The van der Waals surface area contributed by atoms with Gasteiger partial charge in [-0.25, -0.2) is 0 Å². The van der Waals surface area contributed by atoms with Gasteiger partial charge in [0, 0.05) is 13.1 Å². The summed E-state index contributed by atoms with van der Waals surface area (Å²) in [6.07, 6.45) is 1.44. The lowest BCUT2D eigenvalue weighted by atomic mass is 9.68. The lowest BCUT2D eigenvalue weighted by Crippen LogP contribution is -2.47. The van der Waals surface area contributed by atoms with Crippen LogP contribution in [0, 0.1) is 5.92 Å². The van der Waals surface area contributed by atoms with Gasteiger partial charge in [0.1, 0.15) is 5.75 Å². The SMILES string of the molecule is C[C@@H]1CN(CCC(O)c2ccccc2)CC[C@]1(C)c1cccc(O)c1.Cl. The Labute approximate surface area is 163 Å². The van der Waals surface area contributed by atoms with E-state index in [0.717, 1.165) is 38.0 Å². The van der Waals surface area contributed by atoms with Crippen molar-refractivity contribution in [2.75, 3.05) is 19.6 Å². The van der Waals surface area contributed by atoms with Crippen molar-refractivity contribution >= 4 is 12.4 Å². The number of aromatic hydroxyl groups is 1. The molecule has 1 unspecified atom stereocenters. The summed E-state index contributed by atoms with van der Waals surface area (Å²) in [4.78, 5) is 2.46. The number of piperidine rings is 1. The van der Waals surface area contributed by atoms with E-state index in [0.29, 0.717) is 11.7 Å². The molecule has 4 heteroatoms. The second-order valence-electron chi connectivity index (χ2n) is 7.63.